The molecular weight excluding hydrogens is 361 g/mol. The van der Waals surface area contributed by atoms with E-state index in [0.29, 0.717) is 24.4 Å². The lowest BCUT2D eigenvalue weighted by molar-refractivity contribution is 0.0311. The molecule has 2 fully saturated rings. The average molecular weight is 383 g/mol. The van der Waals surface area contributed by atoms with E-state index in [9.17, 15) is 9.18 Å². The lowest BCUT2D eigenvalue weighted by Crippen LogP contribution is -2.42. The van der Waals surface area contributed by atoms with Crippen LogP contribution in [-0.2, 0) is 11.8 Å². The molecule has 2 aliphatic rings. The Hall–Kier alpha value is -2.71. The second kappa shape index (κ2) is 6.72. The summed E-state index contributed by atoms with van der Waals surface area (Å²) >= 11 is 0. The Morgan fingerprint density at radius 3 is 3.07 bits per heavy atom. The molecule has 1 amide bonds. The summed E-state index contributed by atoms with van der Waals surface area (Å²) in [5, 5.41) is 8.08. The molecule has 28 heavy (non-hydrogen) atoms. The van der Waals surface area contributed by atoms with E-state index in [1.807, 2.05) is 6.07 Å². The van der Waals surface area contributed by atoms with Gasteiger partial charge in [-0.15, -0.1) is 0 Å². The summed E-state index contributed by atoms with van der Waals surface area (Å²) in [5.41, 5.74) is 2.78. The van der Waals surface area contributed by atoms with Crippen LogP contribution in [0.25, 0.3) is 22.3 Å². The van der Waals surface area contributed by atoms with Gasteiger partial charge in [-0.2, -0.15) is 5.10 Å². The van der Waals surface area contributed by atoms with Crippen molar-refractivity contribution in [2.45, 2.75) is 18.6 Å². The highest BCUT2D eigenvalue weighted by atomic mass is 19.1. The zero-order valence-electron chi connectivity index (χ0n) is 15.6. The van der Waals surface area contributed by atoms with E-state index in [-0.39, 0.29) is 11.7 Å². The number of ether oxygens (including phenoxy) is 1. The largest absolute Gasteiger partial charge is 0.375 e. The maximum Gasteiger partial charge on any atom is 0.271 e. The number of halogens is 1. The molecule has 0 spiro atoms. The third-order valence-electron chi connectivity index (χ3n) is 5.67. The molecule has 5 rings (SSSR count). The number of rotatable bonds is 5. The van der Waals surface area contributed by atoms with Gasteiger partial charge in [0.05, 0.1) is 24.1 Å². The van der Waals surface area contributed by atoms with Gasteiger partial charge in [0.2, 0.25) is 0 Å². The van der Waals surface area contributed by atoms with Crippen molar-refractivity contribution in [2.24, 2.45) is 7.05 Å². The Labute approximate surface area is 161 Å². The van der Waals surface area contributed by atoms with Gasteiger partial charge in [0.25, 0.3) is 5.91 Å². The Morgan fingerprint density at radius 1 is 1.39 bits per heavy atom. The van der Waals surface area contributed by atoms with E-state index in [1.54, 1.807) is 23.9 Å². The molecule has 1 aromatic carbocycles. The molecule has 2 aliphatic heterocycles. The molecule has 2 aromatic heterocycles. The Balaban J connectivity index is 1.26. The number of nitrogens with one attached hydrogen (secondary N) is 2. The van der Waals surface area contributed by atoms with E-state index in [0.717, 1.165) is 48.4 Å². The quantitative estimate of drug-likeness (QED) is 0.706. The van der Waals surface area contributed by atoms with Crippen LogP contribution in [0, 0.1) is 5.82 Å². The molecule has 2 saturated heterocycles. The molecule has 0 unspecified atom stereocenters. The first-order valence-electron chi connectivity index (χ1n) is 9.53. The minimum Gasteiger partial charge on any atom is -0.375 e. The number of amides is 1. The number of hydrogen-bond acceptors (Lipinski definition) is 4. The minimum atomic E-state index is -0.277. The number of morpholine rings is 1. The van der Waals surface area contributed by atoms with Gasteiger partial charge in [-0.05, 0) is 36.8 Å². The highest BCUT2D eigenvalue weighted by Crippen LogP contribution is 2.27. The summed E-state index contributed by atoms with van der Waals surface area (Å²) in [5.74, 6) is -0.467. The van der Waals surface area contributed by atoms with Crippen LogP contribution < -0.4 is 5.32 Å². The van der Waals surface area contributed by atoms with Gasteiger partial charge >= 0.3 is 0 Å². The first-order chi connectivity index (χ1) is 13.6. The predicted molar refractivity (Wildman–Crippen MR) is 103 cm³/mol. The molecule has 146 valence electrons. The number of carbonyl (C=O) groups excluding carboxylic acids is 1. The topological polar surface area (TPSA) is 75.2 Å². The number of aromatic amines is 1. The van der Waals surface area contributed by atoms with E-state index in [4.69, 9.17) is 4.74 Å². The van der Waals surface area contributed by atoms with Gasteiger partial charge in [0.1, 0.15) is 5.82 Å². The van der Waals surface area contributed by atoms with Gasteiger partial charge in [-0.1, -0.05) is 0 Å². The Kier molecular flexibility index (Phi) is 4.17. The Bertz CT molecular complexity index is 1040. The average Bonchev–Trinajstić information content (AvgIpc) is 3.43. The molecule has 8 heteroatoms. The fourth-order valence-corrected chi connectivity index (χ4v) is 4.23. The molecular formula is C20H22FN5O2. The number of aryl methyl sites for hydroxylation is 1. The number of fused-ring (bicyclic) bond motifs is 3. The lowest BCUT2D eigenvalue weighted by Gasteiger charge is -2.26. The third kappa shape index (κ3) is 3.08. The SMILES string of the molecule is Cn1nc(C(=O)NCCN2C[C@@H]3C[C@H]2CO3)cc1-c1cc2cc(F)ccc2[nH]1. The zero-order valence-corrected chi connectivity index (χ0v) is 15.6. The van der Waals surface area contributed by atoms with Crippen molar-refractivity contribution in [3.63, 3.8) is 0 Å². The summed E-state index contributed by atoms with van der Waals surface area (Å²) in [6.07, 6.45) is 1.47. The first kappa shape index (κ1) is 17.4. The van der Waals surface area contributed by atoms with Gasteiger partial charge in [-0.25, -0.2) is 4.39 Å². The number of hydrogen-bond donors (Lipinski definition) is 2. The molecule has 2 N–H and O–H groups in total. The van der Waals surface area contributed by atoms with Crippen LogP contribution in [0.5, 0.6) is 0 Å². The lowest BCUT2D eigenvalue weighted by atomic mass is 10.2. The summed E-state index contributed by atoms with van der Waals surface area (Å²) < 4.78 is 20.7. The van der Waals surface area contributed by atoms with Crippen LogP contribution in [0.2, 0.25) is 0 Å². The van der Waals surface area contributed by atoms with Gasteiger partial charge in [0.15, 0.2) is 5.69 Å². The summed E-state index contributed by atoms with van der Waals surface area (Å²) in [6.45, 7) is 3.16. The number of H-pyrrole nitrogens is 1. The van der Waals surface area contributed by atoms with Gasteiger partial charge < -0.3 is 15.0 Å². The van der Waals surface area contributed by atoms with E-state index in [2.05, 4.69) is 20.3 Å². The Morgan fingerprint density at radius 2 is 2.29 bits per heavy atom. The molecule has 7 nitrogen and oxygen atoms in total. The normalized spacial score (nSPS) is 21.6. The van der Waals surface area contributed by atoms with Gasteiger partial charge in [0, 0.05) is 43.6 Å². The standard InChI is InChI=1S/C20H22FN5O2/c1-25-19(17-7-12-6-13(21)2-3-16(12)23-17)9-18(24-25)20(27)22-4-5-26-10-15-8-14(26)11-28-15/h2-3,6-7,9,14-15,23H,4-5,8,10-11H2,1H3,(H,22,27)/t14-,15-/m0/s1. The van der Waals surface area contributed by atoms with Crippen molar-refractivity contribution < 1.29 is 13.9 Å². The number of aromatic nitrogens is 3. The van der Waals surface area contributed by atoms with Crippen molar-refractivity contribution in [3.05, 3.63) is 41.8 Å². The van der Waals surface area contributed by atoms with E-state index < -0.39 is 0 Å². The van der Waals surface area contributed by atoms with Gasteiger partial charge in [-0.3, -0.25) is 14.4 Å². The van der Waals surface area contributed by atoms with Crippen LogP contribution in [-0.4, -0.2) is 64.0 Å². The monoisotopic (exact) mass is 383 g/mol. The summed E-state index contributed by atoms with van der Waals surface area (Å²) in [4.78, 5) is 18.1. The van der Waals surface area contributed by atoms with Crippen LogP contribution in [0.1, 0.15) is 16.9 Å². The van der Waals surface area contributed by atoms with E-state index in [1.165, 1.54) is 12.1 Å². The van der Waals surface area contributed by atoms with Crippen LogP contribution in [0.4, 0.5) is 4.39 Å². The second-order valence-corrected chi connectivity index (χ2v) is 7.55. The molecule has 2 bridgehead atoms. The molecule has 0 radical (unpaired) electrons. The van der Waals surface area contributed by atoms with E-state index >= 15 is 0 Å². The van der Waals surface area contributed by atoms with Crippen LogP contribution in [0.3, 0.4) is 0 Å². The maximum absolute atomic E-state index is 13.4. The summed E-state index contributed by atoms with van der Waals surface area (Å²) in [6, 6.07) is 8.71. The minimum absolute atomic E-state index is 0.190. The summed E-state index contributed by atoms with van der Waals surface area (Å²) in [7, 11) is 1.79. The fraction of sp³-hybridized carbons (Fsp3) is 0.400. The number of carbonyl (C=O) groups is 1. The number of likely N-dealkylation sites (tertiary alicyclic amines) is 1. The molecule has 0 aliphatic carbocycles. The van der Waals surface area contributed by atoms with Crippen molar-refractivity contribution in [3.8, 4) is 11.4 Å². The molecule has 3 aromatic rings. The highest BCUT2D eigenvalue weighted by Gasteiger charge is 2.38. The van der Waals surface area contributed by atoms with Crippen LogP contribution in [0.15, 0.2) is 30.3 Å². The molecule has 2 atom stereocenters. The number of nitrogens with zero attached hydrogens (tertiary/aromatic N) is 3. The predicted octanol–water partition coefficient (Wildman–Crippen LogP) is 1.91. The number of benzene rings is 1. The highest BCUT2D eigenvalue weighted by molar-refractivity contribution is 5.94. The van der Waals surface area contributed by atoms with Crippen molar-refractivity contribution in [1.82, 2.24) is 25.0 Å². The van der Waals surface area contributed by atoms with Crippen molar-refractivity contribution >= 4 is 16.8 Å². The second-order valence-electron chi connectivity index (χ2n) is 7.55. The zero-order chi connectivity index (χ0) is 19.3. The fourth-order valence-electron chi connectivity index (χ4n) is 4.23. The van der Waals surface area contributed by atoms with Crippen molar-refractivity contribution in [1.29, 1.82) is 0 Å². The smallest absolute Gasteiger partial charge is 0.271 e. The van der Waals surface area contributed by atoms with Crippen LogP contribution >= 0.6 is 0 Å². The molecule has 0 saturated carbocycles. The third-order valence-corrected chi connectivity index (χ3v) is 5.67. The first-order valence-corrected chi connectivity index (χ1v) is 9.53. The molecule has 4 heterocycles. The van der Waals surface area contributed by atoms with Crippen molar-refractivity contribution in [2.75, 3.05) is 26.2 Å². The maximum atomic E-state index is 13.4.